The minimum absolute atomic E-state index is 0.509. The highest BCUT2D eigenvalue weighted by molar-refractivity contribution is 5.90. The first-order valence-electron chi connectivity index (χ1n) is 7.00. The topological polar surface area (TPSA) is 63.2 Å². The van der Waals surface area contributed by atoms with E-state index < -0.39 is 6.09 Å². The fourth-order valence-corrected chi connectivity index (χ4v) is 2.49. The number of carbonyl (C=O) groups excluding carboxylic acids is 1. The number of para-hydroxylation sites is 1. The molecule has 0 unspecified atom stereocenters. The van der Waals surface area contributed by atoms with Gasteiger partial charge in [0.25, 0.3) is 0 Å². The van der Waals surface area contributed by atoms with Crippen molar-refractivity contribution in [2.45, 2.75) is 19.3 Å². The molecule has 5 nitrogen and oxygen atoms in total. The lowest BCUT2D eigenvalue weighted by atomic mass is 10.2. The summed E-state index contributed by atoms with van der Waals surface area (Å²) < 4.78 is 5.23. The molecule has 0 saturated carbocycles. The van der Waals surface area contributed by atoms with Gasteiger partial charge >= 0.3 is 6.09 Å². The van der Waals surface area contributed by atoms with Crippen LogP contribution < -0.4 is 15.4 Å². The number of hydrogen-bond donors (Lipinski definition) is 2. The van der Waals surface area contributed by atoms with Crippen molar-refractivity contribution in [2.75, 3.05) is 17.7 Å². The van der Waals surface area contributed by atoms with Crippen molar-refractivity contribution in [2.24, 2.45) is 0 Å². The maximum atomic E-state index is 12.0. The summed E-state index contributed by atoms with van der Waals surface area (Å²) in [5.74, 6) is 1.18. The lowest BCUT2D eigenvalue weighted by Crippen LogP contribution is -2.18. The molecule has 2 aromatic rings. The van der Waals surface area contributed by atoms with E-state index in [0.717, 1.165) is 25.0 Å². The van der Waals surface area contributed by atoms with Crippen LogP contribution in [0.1, 0.15) is 17.7 Å². The van der Waals surface area contributed by atoms with Crippen molar-refractivity contribution >= 4 is 17.6 Å². The fourth-order valence-electron chi connectivity index (χ4n) is 2.49. The largest absolute Gasteiger partial charge is 0.417 e. The molecular weight excluding hydrogens is 266 g/mol. The van der Waals surface area contributed by atoms with Crippen molar-refractivity contribution < 1.29 is 9.53 Å². The molecule has 0 aliphatic heterocycles. The number of hydrogen-bond acceptors (Lipinski definition) is 4. The van der Waals surface area contributed by atoms with E-state index in [-0.39, 0.29) is 0 Å². The fraction of sp³-hybridized carbons (Fsp3) is 0.250. The Hall–Kier alpha value is -2.56. The SMILES string of the molecule is CNc1nc2c(cc1NC(=O)Oc1ccccc1)CCC2. The first-order chi connectivity index (χ1) is 10.3. The summed E-state index contributed by atoms with van der Waals surface area (Å²) >= 11 is 0. The molecule has 108 valence electrons. The molecule has 1 heterocycles. The maximum Gasteiger partial charge on any atom is 0.417 e. The van der Waals surface area contributed by atoms with Crippen LogP contribution in [0.25, 0.3) is 0 Å². The highest BCUT2D eigenvalue weighted by Crippen LogP contribution is 2.28. The Labute approximate surface area is 123 Å². The predicted octanol–water partition coefficient (Wildman–Crippen LogP) is 3.22. The van der Waals surface area contributed by atoms with Gasteiger partial charge in [-0.25, -0.2) is 9.78 Å². The van der Waals surface area contributed by atoms with Gasteiger partial charge in [-0.3, -0.25) is 5.32 Å². The summed E-state index contributed by atoms with van der Waals surface area (Å²) in [7, 11) is 1.79. The van der Waals surface area contributed by atoms with E-state index in [1.165, 1.54) is 5.56 Å². The van der Waals surface area contributed by atoms with E-state index in [1.807, 2.05) is 24.3 Å². The molecule has 5 heteroatoms. The molecule has 3 rings (SSSR count). The second-order valence-corrected chi connectivity index (χ2v) is 4.92. The van der Waals surface area contributed by atoms with Crippen LogP contribution in [-0.4, -0.2) is 18.1 Å². The van der Waals surface area contributed by atoms with Crippen LogP contribution in [0.3, 0.4) is 0 Å². The van der Waals surface area contributed by atoms with Crippen LogP contribution in [-0.2, 0) is 12.8 Å². The smallest absolute Gasteiger partial charge is 0.410 e. The number of amides is 1. The molecule has 1 aliphatic carbocycles. The highest BCUT2D eigenvalue weighted by Gasteiger charge is 2.17. The number of nitrogens with one attached hydrogen (secondary N) is 2. The van der Waals surface area contributed by atoms with Gasteiger partial charge < -0.3 is 10.1 Å². The monoisotopic (exact) mass is 283 g/mol. The number of aromatic nitrogens is 1. The van der Waals surface area contributed by atoms with Crippen molar-refractivity contribution in [1.29, 1.82) is 0 Å². The number of pyridine rings is 1. The Morgan fingerprint density at radius 3 is 2.81 bits per heavy atom. The third kappa shape index (κ3) is 2.97. The average molecular weight is 283 g/mol. The van der Waals surface area contributed by atoms with E-state index in [9.17, 15) is 4.79 Å². The summed E-state index contributed by atoms with van der Waals surface area (Å²) in [5.41, 5.74) is 2.96. The molecule has 0 spiro atoms. The van der Waals surface area contributed by atoms with E-state index in [2.05, 4.69) is 15.6 Å². The van der Waals surface area contributed by atoms with Gasteiger partial charge in [0.05, 0.1) is 5.69 Å². The predicted molar refractivity (Wildman–Crippen MR) is 81.9 cm³/mol. The van der Waals surface area contributed by atoms with Gasteiger partial charge in [-0.2, -0.15) is 0 Å². The molecule has 21 heavy (non-hydrogen) atoms. The summed E-state index contributed by atoms with van der Waals surface area (Å²) in [6.45, 7) is 0. The zero-order valence-corrected chi connectivity index (χ0v) is 11.8. The van der Waals surface area contributed by atoms with Gasteiger partial charge in [-0.15, -0.1) is 0 Å². The molecule has 0 radical (unpaired) electrons. The minimum Gasteiger partial charge on any atom is -0.410 e. The summed E-state index contributed by atoms with van der Waals surface area (Å²) in [5, 5.41) is 5.77. The van der Waals surface area contributed by atoms with E-state index in [0.29, 0.717) is 17.3 Å². The minimum atomic E-state index is -0.516. The number of rotatable bonds is 3. The molecule has 1 amide bonds. The number of nitrogens with zero attached hydrogens (tertiary/aromatic N) is 1. The Morgan fingerprint density at radius 1 is 1.24 bits per heavy atom. The van der Waals surface area contributed by atoms with Gasteiger partial charge in [0.15, 0.2) is 0 Å². The highest BCUT2D eigenvalue weighted by atomic mass is 16.6. The molecule has 0 saturated heterocycles. The van der Waals surface area contributed by atoms with Gasteiger partial charge in [-0.1, -0.05) is 18.2 Å². The number of carbonyl (C=O) groups is 1. The molecule has 1 aliphatic rings. The lowest BCUT2D eigenvalue weighted by Gasteiger charge is -2.12. The number of ether oxygens (including phenoxy) is 1. The van der Waals surface area contributed by atoms with Crippen molar-refractivity contribution in [3.05, 3.63) is 47.7 Å². The number of anilines is 2. The van der Waals surface area contributed by atoms with Crippen molar-refractivity contribution in [3.63, 3.8) is 0 Å². The molecule has 2 N–H and O–H groups in total. The van der Waals surface area contributed by atoms with Crippen LogP contribution in [0.15, 0.2) is 36.4 Å². The van der Waals surface area contributed by atoms with Crippen LogP contribution in [0.2, 0.25) is 0 Å². The summed E-state index contributed by atoms with van der Waals surface area (Å²) in [6.07, 6.45) is 2.61. The third-order valence-corrected chi connectivity index (χ3v) is 3.48. The first-order valence-corrected chi connectivity index (χ1v) is 7.00. The second-order valence-electron chi connectivity index (χ2n) is 4.92. The third-order valence-electron chi connectivity index (χ3n) is 3.48. The summed E-state index contributed by atoms with van der Waals surface area (Å²) in [4.78, 5) is 16.5. The van der Waals surface area contributed by atoms with Crippen LogP contribution in [0.4, 0.5) is 16.3 Å². The van der Waals surface area contributed by atoms with Gasteiger partial charge in [0.2, 0.25) is 0 Å². The van der Waals surface area contributed by atoms with Crippen LogP contribution in [0, 0.1) is 0 Å². The van der Waals surface area contributed by atoms with E-state index in [1.54, 1.807) is 19.2 Å². The molecular formula is C16H17N3O2. The summed E-state index contributed by atoms with van der Waals surface area (Å²) in [6, 6.07) is 11.0. The first kappa shape index (κ1) is 13.4. The van der Waals surface area contributed by atoms with Gasteiger partial charge in [-0.05, 0) is 43.0 Å². The Morgan fingerprint density at radius 2 is 2.05 bits per heavy atom. The van der Waals surface area contributed by atoms with Crippen molar-refractivity contribution in [3.8, 4) is 5.75 Å². The number of benzene rings is 1. The Bertz CT molecular complexity index is 656. The van der Waals surface area contributed by atoms with Crippen LogP contribution >= 0.6 is 0 Å². The number of aryl methyl sites for hydroxylation is 2. The lowest BCUT2D eigenvalue weighted by molar-refractivity contribution is 0.215. The van der Waals surface area contributed by atoms with E-state index in [4.69, 9.17) is 4.74 Å². The molecule has 0 atom stereocenters. The van der Waals surface area contributed by atoms with Crippen LogP contribution in [0.5, 0.6) is 5.75 Å². The van der Waals surface area contributed by atoms with E-state index >= 15 is 0 Å². The molecule has 1 aromatic carbocycles. The van der Waals surface area contributed by atoms with Crippen molar-refractivity contribution in [1.82, 2.24) is 4.98 Å². The number of fused-ring (bicyclic) bond motifs is 1. The quantitative estimate of drug-likeness (QED) is 0.907. The molecule has 0 bridgehead atoms. The maximum absolute atomic E-state index is 12.0. The Kier molecular flexibility index (Phi) is 3.73. The second kappa shape index (κ2) is 5.83. The zero-order chi connectivity index (χ0) is 14.7. The Balaban J connectivity index is 1.76. The molecule has 0 fully saturated rings. The van der Waals surface area contributed by atoms with Gasteiger partial charge in [0.1, 0.15) is 11.6 Å². The normalized spacial score (nSPS) is 12.6. The zero-order valence-electron chi connectivity index (χ0n) is 11.8. The molecule has 1 aromatic heterocycles. The van der Waals surface area contributed by atoms with Gasteiger partial charge in [0, 0.05) is 12.7 Å². The average Bonchev–Trinajstić information content (AvgIpc) is 2.94. The standard InChI is InChI=1S/C16H17N3O2/c1-17-15-14(10-11-6-5-9-13(11)18-15)19-16(20)21-12-7-3-2-4-8-12/h2-4,7-8,10H,5-6,9H2,1H3,(H,17,18)(H,19,20).